The summed E-state index contributed by atoms with van der Waals surface area (Å²) in [5.74, 6) is 1.46. The maximum atomic E-state index is 5.14. The molecule has 6 nitrogen and oxygen atoms in total. The molecule has 0 aliphatic carbocycles. The lowest BCUT2D eigenvalue weighted by Gasteiger charge is -2.35. The molecular formula is C16H21N5O. The van der Waals surface area contributed by atoms with E-state index in [0.717, 1.165) is 50.7 Å². The van der Waals surface area contributed by atoms with E-state index in [2.05, 4.69) is 30.8 Å². The van der Waals surface area contributed by atoms with Crippen LogP contribution in [0.2, 0.25) is 0 Å². The predicted molar refractivity (Wildman–Crippen MR) is 85.2 cm³/mol. The number of anilines is 1. The van der Waals surface area contributed by atoms with E-state index in [4.69, 9.17) is 4.74 Å². The van der Waals surface area contributed by atoms with Gasteiger partial charge in [-0.3, -0.25) is 14.9 Å². The summed E-state index contributed by atoms with van der Waals surface area (Å²) in [5, 5.41) is 0. The standard InChI is InChI=1S/C16H21N5O/c1-22-16-13-17-12-15(19-16)21-10-8-20(9-11-21)7-5-14-4-2-3-6-18-14/h2-4,6,12-13H,5,7-11H2,1H3. The number of methoxy groups -OCH3 is 1. The molecule has 6 heteroatoms. The van der Waals surface area contributed by atoms with Crippen LogP contribution >= 0.6 is 0 Å². The molecule has 116 valence electrons. The van der Waals surface area contributed by atoms with Gasteiger partial charge in [0.15, 0.2) is 5.82 Å². The third kappa shape index (κ3) is 3.71. The number of hydrogen-bond donors (Lipinski definition) is 0. The smallest absolute Gasteiger partial charge is 0.233 e. The first-order chi connectivity index (χ1) is 10.8. The number of pyridine rings is 1. The molecule has 0 bridgehead atoms. The van der Waals surface area contributed by atoms with E-state index >= 15 is 0 Å². The Morgan fingerprint density at radius 3 is 2.73 bits per heavy atom. The summed E-state index contributed by atoms with van der Waals surface area (Å²) in [7, 11) is 1.61. The summed E-state index contributed by atoms with van der Waals surface area (Å²) in [4.78, 5) is 17.7. The predicted octanol–water partition coefficient (Wildman–Crippen LogP) is 1.24. The highest BCUT2D eigenvalue weighted by molar-refractivity contribution is 5.38. The van der Waals surface area contributed by atoms with Crippen LogP contribution in [-0.4, -0.2) is 59.7 Å². The lowest BCUT2D eigenvalue weighted by atomic mass is 10.2. The molecule has 0 atom stereocenters. The Bertz CT molecular complexity index is 584. The topological polar surface area (TPSA) is 54.4 Å². The van der Waals surface area contributed by atoms with Gasteiger partial charge in [0.25, 0.3) is 0 Å². The van der Waals surface area contributed by atoms with Crippen LogP contribution in [0.15, 0.2) is 36.8 Å². The Hall–Kier alpha value is -2.21. The number of rotatable bonds is 5. The number of piperazine rings is 1. The van der Waals surface area contributed by atoms with Crippen LogP contribution in [0.5, 0.6) is 5.88 Å². The second-order valence-electron chi connectivity index (χ2n) is 5.32. The second-order valence-corrected chi connectivity index (χ2v) is 5.32. The zero-order valence-corrected chi connectivity index (χ0v) is 12.9. The first kappa shape index (κ1) is 14.7. The van der Waals surface area contributed by atoms with Crippen LogP contribution in [0.4, 0.5) is 5.82 Å². The zero-order chi connectivity index (χ0) is 15.2. The quantitative estimate of drug-likeness (QED) is 0.828. The van der Waals surface area contributed by atoms with E-state index in [-0.39, 0.29) is 0 Å². The van der Waals surface area contributed by atoms with Crippen molar-refractivity contribution < 1.29 is 4.74 Å². The van der Waals surface area contributed by atoms with Gasteiger partial charge in [0.05, 0.1) is 19.5 Å². The fraction of sp³-hybridized carbons (Fsp3) is 0.438. The summed E-state index contributed by atoms with van der Waals surface area (Å²) >= 11 is 0. The molecule has 0 radical (unpaired) electrons. The largest absolute Gasteiger partial charge is 0.480 e. The average Bonchev–Trinajstić information content (AvgIpc) is 2.61. The van der Waals surface area contributed by atoms with Gasteiger partial charge in [0, 0.05) is 51.0 Å². The Morgan fingerprint density at radius 1 is 1.14 bits per heavy atom. The molecule has 0 N–H and O–H groups in total. The van der Waals surface area contributed by atoms with Crippen LogP contribution in [0, 0.1) is 0 Å². The molecule has 22 heavy (non-hydrogen) atoms. The highest BCUT2D eigenvalue weighted by atomic mass is 16.5. The first-order valence-corrected chi connectivity index (χ1v) is 7.58. The molecule has 2 aromatic rings. The number of ether oxygens (including phenoxy) is 1. The van der Waals surface area contributed by atoms with Crippen molar-refractivity contribution >= 4 is 5.82 Å². The summed E-state index contributed by atoms with van der Waals surface area (Å²) in [6.45, 7) is 5.04. The van der Waals surface area contributed by atoms with Gasteiger partial charge in [-0.1, -0.05) is 6.07 Å². The minimum Gasteiger partial charge on any atom is -0.480 e. The maximum Gasteiger partial charge on any atom is 0.233 e. The Morgan fingerprint density at radius 2 is 2.00 bits per heavy atom. The molecule has 1 aliphatic heterocycles. The Balaban J connectivity index is 1.49. The van der Waals surface area contributed by atoms with Gasteiger partial charge in [-0.2, -0.15) is 4.98 Å². The molecule has 1 fully saturated rings. The summed E-state index contributed by atoms with van der Waals surface area (Å²) < 4.78 is 5.14. The third-order valence-electron chi connectivity index (χ3n) is 3.92. The van der Waals surface area contributed by atoms with E-state index in [1.807, 2.05) is 18.3 Å². The van der Waals surface area contributed by atoms with Gasteiger partial charge in [-0.25, -0.2) is 0 Å². The van der Waals surface area contributed by atoms with Gasteiger partial charge in [-0.05, 0) is 12.1 Å². The molecule has 1 saturated heterocycles. The van der Waals surface area contributed by atoms with Crippen molar-refractivity contribution in [2.24, 2.45) is 0 Å². The summed E-state index contributed by atoms with van der Waals surface area (Å²) in [6, 6.07) is 6.08. The van der Waals surface area contributed by atoms with Crippen LogP contribution < -0.4 is 9.64 Å². The lowest BCUT2D eigenvalue weighted by Crippen LogP contribution is -2.47. The molecule has 0 spiro atoms. The molecule has 3 heterocycles. The third-order valence-corrected chi connectivity index (χ3v) is 3.92. The van der Waals surface area contributed by atoms with E-state index in [1.165, 1.54) is 0 Å². The van der Waals surface area contributed by atoms with Crippen molar-refractivity contribution in [1.29, 1.82) is 0 Å². The number of hydrogen-bond acceptors (Lipinski definition) is 6. The van der Waals surface area contributed by atoms with Crippen molar-refractivity contribution in [3.05, 3.63) is 42.5 Å². The fourth-order valence-electron chi connectivity index (χ4n) is 2.61. The Labute approximate surface area is 130 Å². The first-order valence-electron chi connectivity index (χ1n) is 7.58. The van der Waals surface area contributed by atoms with Crippen molar-refractivity contribution in [2.75, 3.05) is 44.7 Å². The van der Waals surface area contributed by atoms with Crippen LogP contribution in [0.3, 0.4) is 0 Å². The van der Waals surface area contributed by atoms with E-state index < -0.39 is 0 Å². The minimum atomic E-state index is 0.565. The molecule has 3 rings (SSSR count). The molecule has 0 saturated carbocycles. The maximum absolute atomic E-state index is 5.14. The van der Waals surface area contributed by atoms with Gasteiger partial charge in [-0.15, -0.1) is 0 Å². The summed E-state index contributed by atoms with van der Waals surface area (Å²) in [6.07, 6.45) is 6.28. The van der Waals surface area contributed by atoms with Crippen LogP contribution in [0.25, 0.3) is 0 Å². The second kappa shape index (κ2) is 7.17. The molecule has 0 amide bonds. The zero-order valence-electron chi connectivity index (χ0n) is 12.9. The van der Waals surface area contributed by atoms with E-state index in [9.17, 15) is 0 Å². The van der Waals surface area contributed by atoms with Gasteiger partial charge < -0.3 is 9.64 Å². The lowest BCUT2D eigenvalue weighted by molar-refractivity contribution is 0.259. The van der Waals surface area contributed by atoms with Crippen molar-refractivity contribution in [3.63, 3.8) is 0 Å². The molecule has 0 aromatic carbocycles. The van der Waals surface area contributed by atoms with Crippen molar-refractivity contribution in [1.82, 2.24) is 19.9 Å². The molecule has 2 aromatic heterocycles. The minimum absolute atomic E-state index is 0.565. The van der Waals surface area contributed by atoms with Crippen LogP contribution in [0.1, 0.15) is 5.69 Å². The van der Waals surface area contributed by atoms with Gasteiger partial charge in [0.2, 0.25) is 5.88 Å². The molecule has 1 aliphatic rings. The molecule has 0 unspecified atom stereocenters. The monoisotopic (exact) mass is 299 g/mol. The van der Waals surface area contributed by atoms with Crippen molar-refractivity contribution in [3.8, 4) is 5.88 Å². The van der Waals surface area contributed by atoms with Crippen LogP contribution in [-0.2, 0) is 6.42 Å². The van der Waals surface area contributed by atoms with Gasteiger partial charge in [0.1, 0.15) is 0 Å². The fourth-order valence-corrected chi connectivity index (χ4v) is 2.61. The number of nitrogens with zero attached hydrogens (tertiary/aromatic N) is 5. The average molecular weight is 299 g/mol. The highest BCUT2D eigenvalue weighted by Crippen LogP contribution is 2.15. The van der Waals surface area contributed by atoms with Gasteiger partial charge >= 0.3 is 0 Å². The highest BCUT2D eigenvalue weighted by Gasteiger charge is 2.18. The Kier molecular flexibility index (Phi) is 4.80. The van der Waals surface area contributed by atoms with E-state index in [1.54, 1.807) is 19.5 Å². The van der Waals surface area contributed by atoms with E-state index in [0.29, 0.717) is 5.88 Å². The summed E-state index contributed by atoms with van der Waals surface area (Å²) in [5.41, 5.74) is 1.16. The molecular weight excluding hydrogens is 278 g/mol. The SMILES string of the molecule is COc1cncc(N2CCN(CCc3ccccn3)CC2)n1. The number of aromatic nitrogens is 3. The van der Waals surface area contributed by atoms with Crippen molar-refractivity contribution in [2.45, 2.75) is 6.42 Å². The normalized spacial score (nSPS) is 15.8.